The number of hydrogen-bond donors (Lipinski definition) is 5. The first-order valence-electron chi connectivity index (χ1n) is 16.7. The van der Waals surface area contributed by atoms with E-state index in [1.165, 1.54) is 0 Å². The normalized spacial score (nSPS) is 16.6. The van der Waals surface area contributed by atoms with E-state index in [4.69, 9.17) is 4.74 Å². The molecule has 12 nitrogen and oxygen atoms in total. The maximum absolute atomic E-state index is 13.5. The molecule has 0 spiro atoms. The van der Waals surface area contributed by atoms with Gasteiger partial charge < -0.3 is 31.1 Å². The number of hydrogen-bond acceptors (Lipinski definition) is 8. The fourth-order valence-electron chi connectivity index (χ4n) is 5.38. The van der Waals surface area contributed by atoms with E-state index in [0.717, 1.165) is 30.7 Å². The smallest absolute Gasteiger partial charge is 0.409 e. The maximum Gasteiger partial charge on any atom is 0.409 e. The molecule has 13 heteroatoms. The van der Waals surface area contributed by atoms with Crippen LogP contribution in [0.2, 0.25) is 0 Å². The Morgan fingerprint density at radius 2 is 1.67 bits per heavy atom. The SMILES string of the molecule is CSCC[C@H](NC(=O)OCn1nc(C)cc1C)C(=O)N[C@@H](CC1CCC1)[C@@H](O)C[C@@H](C)C(=O)N[C@@H](CC(C)C)C(=O)NCC(C)C. The highest BCUT2D eigenvalue weighted by Crippen LogP contribution is 2.32. The fourth-order valence-corrected chi connectivity index (χ4v) is 5.85. The highest BCUT2D eigenvalue weighted by atomic mass is 32.2. The van der Waals surface area contributed by atoms with Crippen LogP contribution in [0, 0.1) is 37.5 Å². The third kappa shape index (κ3) is 13.9. The van der Waals surface area contributed by atoms with Crippen molar-refractivity contribution < 1.29 is 29.0 Å². The van der Waals surface area contributed by atoms with Crippen molar-refractivity contribution in [1.82, 2.24) is 31.0 Å². The molecule has 46 heavy (non-hydrogen) atoms. The number of nitrogens with zero attached hydrogens (tertiary/aromatic N) is 2. The lowest BCUT2D eigenvalue weighted by atomic mass is 9.79. The molecule has 5 atom stereocenters. The molecule has 2 rings (SSSR count). The first-order valence-corrected chi connectivity index (χ1v) is 18.1. The van der Waals surface area contributed by atoms with Crippen LogP contribution in [0.5, 0.6) is 0 Å². The number of ether oxygens (including phenoxy) is 1. The number of aliphatic hydroxyl groups is 1. The van der Waals surface area contributed by atoms with Crippen LogP contribution in [-0.4, -0.2) is 81.5 Å². The Morgan fingerprint density at radius 1 is 0.978 bits per heavy atom. The van der Waals surface area contributed by atoms with Gasteiger partial charge in [0.15, 0.2) is 6.73 Å². The molecule has 0 bridgehead atoms. The van der Waals surface area contributed by atoms with Gasteiger partial charge in [0.25, 0.3) is 0 Å². The van der Waals surface area contributed by atoms with Gasteiger partial charge in [-0.2, -0.15) is 16.9 Å². The molecule has 1 aromatic heterocycles. The first-order chi connectivity index (χ1) is 21.7. The topological polar surface area (TPSA) is 164 Å². The molecule has 0 saturated heterocycles. The molecule has 1 aromatic rings. The van der Waals surface area contributed by atoms with Crippen molar-refractivity contribution in [3.8, 4) is 0 Å². The lowest BCUT2D eigenvalue weighted by Gasteiger charge is -2.34. The molecule has 1 aliphatic carbocycles. The van der Waals surface area contributed by atoms with Crippen LogP contribution < -0.4 is 21.3 Å². The lowest BCUT2D eigenvalue weighted by molar-refractivity contribution is -0.132. The van der Waals surface area contributed by atoms with Gasteiger partial charge in [0.05, 0.1) is 17.8 Å². The molecule has 1 saturated carbocycles. The number of thioether (sulfide) groups is 1. The van der Waals surface area contributed by atoms with Gasteiger partial charge in [0.1, 0.15) is 12.1 Å². The highest BCUT2D eigenvalue weighted by molar-refractivity contribution is 7.98. The second-order valence-corrected chi connectivity index (χ2v) is 14.6. The van der Waals surface area contributed by atoms with Crippen molar-refractivity contribution >= 4 is 35.6 Å². The summed E-state index contributed by atoms with van der Waals surface area (Å²) in [4.78, 5) is 52.3. The standard InChI is InChI=1S/C33H58N6O6S/c1-20(2)14-28(31(42)34-18-21(3)4)36-30(41)22(5)15-29(40)27(17-25-10-9-11-25)35-32(43)26(12-13-46-8)37-33(44)45-19-39-24(7)16-23(6)38-39/h16,20-22,25-29,40H,9-15,17-19H2,1-8H3,(H,34,42)(H,35,43)(H,36,41)(H,37,44)/t22-,26+,27+,28+,29+/m1/s1. The van der Waals surface area contributed by atoms with Crippen molar-refractivity contribution in [2.24, 2.45) is 23.7 Å². The zero-order chi connectivity index (χ0) is 34.4. The molecule has 262 valence electrons. The predicted octanol–water partition coefficient (Wildman–Crippen LogP) is 3.67. The van der Waals surface area contributed by atoms with Gasteiger partial charge in [-0.25, -0.2) is 9.48 Å². The molecule has 0 aromatic carbocycles. The second-order valence-electron chi connectivity index (χ2n) is 13.6. The van der Waals surface area contributed by atoms with Gasteiger partial charge in [-0.3, -0.25) is 14.4 Å². The number of carbonyl (C=O) groups excluding carboxylic acids is 4. The van der Waals surface area contributed by atoms with Crippen LogP contribution in [-0.2, 0) is 25.9 Å². The van der Waals surface area contributed by atoms with Gasteiger partial charge in [0, 0.05) is 18.2 Å². The van der Waals surface area contributed by atoms with Crippen molar-refractivity contribution in [2.45, 2.75) is 124 Å². The zero-order valence-corrected chi connectivity index (χ0v) is 29.9. The number of carbonyl (C=O) groups is 4. The van der Waals surface area contributed by atoms with Crippen LogP contribution in [0.15, 0.2) is 6.07 Å². The minimum atomic E-state index is -0.997. The van der Waals surface area contributed by atoms with Crippen LogP contribution in [0.3, 0.4) is 0 Å². The van der Waals surface area contributed by atoms with Gasteiger partial charge in [-0.1, -0.05) is 53.9 Å². The van der Waals surface area contributed by atoms with Crippen molar-refractivity contribution in [2.75, 3.05) is 18.6 Å². The summed E-state index contributed by atoms with van der Waals surface area (Å²) in [6.07, 6.45) is 4.90. The number of amides is 4. The van der Waals surface area contributed by atoms with Gasteiger partial charge in [0.2, 0.25) is 17.7 Å². The summed E-state index contributed by atoms with van der Waals surface area (Å²) in [6, 6.07) is -0.250. The summed E-state index contributed by atoms with van der Waals surface area (Å²) >= 11 is 1.56. The molecule has 4 amide bonds. The predicted molar refractivity (Wildman–Crippen MR) is 181 cm³/mol. The summed E-state index contributed by atoms with van der Waals surface area (Å²) in [7, 11) is 0. The Hall–Kier alpha value is -2.80. The van der Waals surface area contributed by atoms with Crippen LogP contribution in [0.4, 0.5) is 4.79 Å². The van der Waals surface area contributed by atoms with Gasteiger partial charge in [-0.15, -0.1) is 0 Å². The van der Waals surface area contributed by atoms with E-state index in [1.54, 1.807) is 23.4 Å². The summed E-state index contributed by atoms with van der Waals surface area (Å²) in [5.74, 6) is -0.0543. The van der Waals surface area contributed by atoms with Crippen molar-refractivity contribution in [1.29, 1.82) is 0 Å². The molecule has 0 unspecified atom stereocenters. The number of rotatable bonds is 20. The number of aliphatic hydroxyl groups excluding tert-OH is 1. The minimum Gasteiger partial charge on any atom is -0.426 e. The van der Waals surface area contributed by atoms with Crippen molar-refractivity contribution in [3.63, 3.8) is 0 Å². The second kappa shape index (κ2) is 19.8. The number of nitrogens with one attached hydrogen (secondary N) is 4. The van der Waals surface area contributed by atoms with Crippen LogP contribution in [0.1, 0.15) is 91.0 Å². The molecule has 5 N–H and O–H groups in total. The molecular formula is C33H58N6O6S. The lowest BCUT2D eigenvalue weighted by Crippen LogP contribution is -2.54. The fraction of sp³-hybridized carbons (Fsp3) is 0.788. The highest BCUT2D eigenvalue weighted by Gasteiger charge is 2.33. The molecule has 0 radical (unpaired) electrons. The van der Waals surface area contributed by atoms with E-state index in [1.807, 2.05) is 53.9 Å². The first kappa shape index (κ1) is 39.4. The van der Waals surface area contributed by atoms with E-state index in [9.17, 15) is 24.3 Å². The molecule has 1 heterocycles. The Morgan fingerprint density at radius 3 is 2.22 bits per heavy atom. The Labute approximate surface area is 279 Å². The van der Waals surface area contributed by atoms with E-state index in [0.29, 0.717) is 37.5 Å². The van der Waals surface area contributed by atoms with E-state index in [-0.39, 0.29) is 36.8 Å². The quantitative estimate of drug-likeness (QED) is 0.141. The minimum absolute atomic E-state index is 0.0806. The third-order valence-electron chi connectivity index (χ3n) is 8.31. The van der Waals surface area contributed by atoms with E-state index in [2.05, 4.69) is 26.4 Å². The van der Waals surface area contributed by atoms with Gasteiger partial charge >= 0.3 is 6.09 Å². The maximum atomic E-state index is 13.5. The number of alkyl carbamates (subject to hydrolysis) is 1. The summed E-state index contributed by atoms with van der Waals surface area (Å²) < 4.78 is 6.91. The monoisotopic (exact) mass is 666 g/mol. The average molecular weight is 667 g/mol. The Bertz CT molecular complexity index is 1120. The zero-order valence-electron chi connectivity index (χ0n) is 29.1. The summed E-state index contributed by atoms with van der Waals surface area (Å²) in [5, 5.41) is 27.1. The van der Waals surface area contributed by atoms with Gasteiger partial charge in [-0.05, 0) is 75.4 Å². The van der Waals surface area contributed by atoms with E-state index >= 15 is 0 Å². The van der Waals surface area contributed by atoms with E-state index < -0.39 is 42.1 Å². The largest absolute Gasteiger partial charge is 0.426 e. The molecule has 1 aliphatic rings. The summed E-state index contributed by atoms with van der Waals surface area (Å²) in [6.45, 7) is 13.9. The van der Waals surface area contributed by atoms with Crippen LogP contribution in [0.25, 0.3) is 0 Å². The number of aromatic nitrogens is 2. The van der Waals surface area contributed by atoms with Crippen LogP contribution >= 0.6 is 11.8 Å². The third-order valence-corrected chi connectivity index (χ3v) is 8.96. The molecule has 0 aliphatic heterocycles. The molecular weight excluding hydrogens is 608 g/mol. The average Bonchev–Trinajstić information content (AvgIpc) is 3.29. The molecule has 1 fully saturated rings. The van der Waals surface area contributed by atoms with Crippen molar-refractivity contribution in [3.05, 3.63) is 17.5 Å². The Balaban J connectivity index is 2.05. The number of aryl methyl sites for hydroxylation is 2. The summed E-state index contributed by atoms with van der Waals surface area (Å²) in [5.41, 5.74) is 1.66. The Kier molecular flexibility index (Phi) is 16.9.